The number of thioether (sulfide) groups is 1. The summed E-state index contributed by atoms with van der Waals surface area (Å²) in [4.78, 5) is 10.7. The molecule has 0 heterocycles. The van der Waals surface area contributed by atoms with Gasteiger partial charge in [-0.15, -0.1) is 11.8 Å². The number of rotatable bonds is 5. The topological polar surface area (TPSA) is 83.6 Å². The Kier molecular flexibility index (Phi) is 5.20. The quantitative estimate of drug-likeness (QED) is 0.492. The third kappa shape index (κ3) is 3.75. The molecule has 7 heteroatoms. The molecule has 2 N–H and O–H groups in total. The van der Waals surface area contributed by atoms with Crippen LogP contribution in [0, 0.1) is 10.1 Å². The van der Waals surface area contributed by atoms with Crippen LogP contribution < -0.4 is 0 Å². The molecule has 0 bridgehead atoms. The normalized spacial score (nSPS) is 12.4. The summed E-state index contributed by atoms with van der Waals surface area (Å²) in [6.07, 6.45) is -0.867. The molecule has 0 amide bonds. The highest BCUT2D eigenvalue weighted by molar-refractivity contribution is 9.10. The van der Waals surface area contributed by atoms with Gasteiger partial charge in [-0.05, 0) is 12.1 Å². The molecular weight excluding hydrogens is 298 g/mol. The highest BCUT2D eigenvalue weighted by Gasteiger charge is 2.15. The lowest BCUT2D eigenvalue weighted by molar-refractivity contribution is -0.387. The Labute approximate surface area is 105 Å². The van der Waals surface area contributed by atoms with Gasteiger partial charge in [-0.2, -0.15) is 0 Å². The van der Waals surface area contributed by atoms with Crippen LogP contribution >= 0.6 is 27.7 Å². The van der Waals surface area contributed by atoms with Gasteiger partial charge in [0.2, 0.25) is 0 Å². The number of hydrogen-bond acceptors (Lipinski definition) is 5. The molecular formula is C9H10BrNO4S. The molecule has 1 aromatic carbocycles. The van der Waals surface area contributed by atoms with E-state index in [2.05, 4.69) is 15.9 Å². The summed E-state index contributed by atoms with van der Waals surface area (Å²) in [7, 11) is 0. The van der Waals surface area contributed by atoms with Crippen LogP contribution in [0.4, 0.5) is 5.69 Å². The van der Waals surface area contributed by atoms with E-state index >= 15 is 0 Å². The first kappa shape index (κ1) is 13.4. The molecule has 1 aromatic rings. The molecule has 0 aliphatic carbocycles. The summed E-state index contributed by atoms with van der Waals surface area (Å²) in [5, 5.41) is 28.5. The predicted octanol–water partition coefficient (Wildman–Crippen LogP) is 1.80. The van der Waals surface area contributed by atoms with Crippen LogP contribution in [0.25, 0.3) is 0 Å². The second-order valence-electron chi connectivity index (χ2n) is 3.02. The predicted molar refractivity (Wildman–Crippen MR) is 64.6 cm³/mol. The highest BCUT2D eigenvalue weighted by atomic mass is 79.9. The lowest BCUT2D eigenvalue weighted by Crippen LogP contribution is -2.14. The fourth-order valence-corrected chi connectivity index (χ4v) is 2.27. The van der Waals surface area contributed by atoms with Crippen LogP contribution in [-0.4, -0.2) is 33.6 Å². The molecule has 1 unspecified atom stereocenters. The van der Waals surface area contributed by atoms with Crippen molar-refractivity contribution < 1.29 is 15.1 Å². The molecule has 0 radical (unpaired) electrons. The lowest BCUT2D eigenvalue weighted by atomic mass is 10.3. The van der Waals surface area contributed by atoms with Crippen LogP contribution in [0.5, 0.6) is 0 Å². The Morgan fingerprint density at radius 2 is 2.25 bits per heavy atom. The van der Waals surface area contributed by atoms with E-state index in [-0.39, 0.29) is 18.0 Å². The summed E-state index contributed by atoms with van der Waals surface area (Å²) in [6.45, 7) is -0.350. The van der Waals surface area contributed by atoms with Crippen molar-refractivity contribution in [1.29, 1.82) is 0 Å². The van der Waals surface area contributed by atoms with Crippen molar-refractivity contribution in [1.82, 2.24) is 0 Å². The van der Waals surface area contributed by atoms with Crippen molar-refractivity contribution in [3.8, 4) is 0 Å². The van der Waals surface area contributed by atoms with Gasteiger partial charge in [-0.1, -0.05) is 15.9 Å². The minimum absolute atomic E-state index is 0.00971. The number of hydrogen-bond donors (Lipinski definition) is 2. The van der Waals surface area contributed by atoms with Gasteiger partial charge in [0, 0.05) is 16.3 Å². The summed E-state index contributed by atoms with van der Waals surface area (Å²) in [5.41, 5.74) is -0.00971. The average Bonchev–Trinajstić information content (AvgIpc) is 2.26. The molecule has 0 aliphatic heterocycles. The Bertz CT molecular complexity index is 388. The van der Waals surface area contributed by atoms with Crippen molar-refractivity contribution >= 4 is 33.4 Å². The minimum atomic E-state index is -0.867. The molecule has 0 fully saturated rings. The van der Waals surface area contributed by atoms with Crippen LogP contribution in [0.2, 0.25) is 0 Å². The molecule has 0 saturated carbocycles. The molecule has 1 rings (SSSR count). The standard InChI is InChI=1S/C9H10BrNO4S/c10-6-1-2-9(8(3-6)11(14)15)16-5-7(13)4-12/h1-3,7,12-13H,4-5H2. The van der Waals surface area contributed by atoms with Crippen molar-refractivity contribution in [2.24, 2.45) is 0 Å². The van der Waals surface area contributed by atoms with Crippen LogP contribution in [0.3, 0.4) is 0 Å². The SMILES string of the molecule is O=[N+]([O-])c1cc(Br)ccc1SCC(O)CO. The van der Waals surface area contributed by atoms with Crippen LogP contribution in [0.1, 0.15) is 0 Å². The number of nitrogens with zero attached hydrogens (tertiary/aromatic N) is 1. The zero-order chi connectivity index (χ0) is 12.1. The third-order valence-electron chi connectivity index (χ3n) is 1.76. The smallest absolute Gasteiger partial charge is 0.284 e. The Balaban J connectivity index is 2.82. The summed E-state index contributed by atoms with van der Waals surface area (Å²) in [5.74, 6) is 0.221. The van der Waals surface area contributed by atoms with Gasteiger partial charge in [-0.25, -0.2) is 0 Å². The van der Waals surface area contributed by atoms with E-state index in [1.54, 1.807) is 12.1 Å². The van der Waals surface area contributed by atoms with Crippen molar-refractivity contribution in [2.45, 2.75) is 11.0 Å². The van der Waals surface area contributed by atoms with Crippen molar-refractivity contribution in [3.05, 3.63) is 32.8 Å². The number of nitro groups is 1. The summed E-state index contributed by atoms with van der Waals surface area (Å²) < 4.78 is 0.631. The molecule has 5 nitrogen and oxygen atoms in total. The maximum absolute atomic E-state index is 10.7. The number of nitro benzene ring substituents is 1. The van der Waals surface area contributed by atoms with Gasteiger partial charge in [0.15, 0.2) is 0 Å². The maximum Gasteiger partial charge on any atom is 0.284 e. The first-order valence-electron chi connectivity index (χ1n) is 4.40. The minimum Gasteiger partial charge on any atom is -0.394 e. The zero-order valence-electron chi connectivity index (χ0n) is 8.17. The van der Waals surface area contributed by atoms with E-state index in [0.717, 1.165) is 11.8 Å². The molecule has 0 saturated heterocycles. The first-order chi connectivity index (χ1) is 7.54. The second-order valence-corrected chi connectivity index (χ2v) is 4.99. The van der Waals surface area contributed by atoms with Gasteiger partial charge in [-0.3, -0.25) is 10.1 Å². The number of aliphatic hydroxyl groups is 2. The Morgan fingerprint density at radius 1 is 1.56 bits per heavy atom. The molecule has 16 heavy (non-hydrogen) atoms. The van der Waals surface area contributed by atoms with Gasteiger partial charge in [0.25, 0.3) is 5.69 Å². The van der Waals surface area contributed by atoms with Gasteiger partial charge in [0.1, 0.15) is 0 Å². The highest BCUT2D eigenvalue weighted by Crippen LogP contribution is 2.31. The van der Waals surface area contributed by atoms with Gasteiger partial charge < -0.3 is 10.2 Å². The lowest BCUT2D eigenvalue weighted by Gasteiger charge is -2.07. The molecule has 0 spiro atoms. The van der Waals surface area contributed by atoms with E-state index in [4.69, 9.17) is 10.2 Å². The fraction of sp³-hybridized carbons (Fsp3) is 0.333. The van der Waals surface area contributed by atoms with Crippen LogP contribution in [-0.2, 0) is 0 Å². The zero-order valence-corrected chi connectivity index (χ0v) is 10.6. The fourth-order valence-electron chi connectivity index (χ4n) is 0.994. The largest absolute Gasteiger partial charge is 0.394 e. The molecule has 88 valence electrons. The number of aliphatic hydroxyl groups excluding tert-OH is 2. The second kappa shape index (κ2) is 6.19. The maximum atomic E-state index is 10.7. The van der Waals surface area contributed by atoms with E-state index in [1.807, 2.05) is 0 Å². The Morgan fingerprint density at radius 3 is 2.81 bits per heavy atom. The summed E-state index contributed by atoms with van der Waals surface area (Å²) >= 11 is 4.30. The van der Waals surface area contributed by atoms with Gasteiger partial charge in [0.05, 0.1) is 22.5 Å². The Hall–Kier alpha value is -0.630. The van der Waals surface area contributed by atoms with E-state index < -0.39 is 11.0 Å². The number of benzene rings is 1. The molecule has 1 atom stereocenters. The van der Waals surface area contributed by atoms with Crippen molar-refractivity contribution in [2.75, 3.05) is 12.4 Å². The molecule has 0 aromatic heterocycles. The third-order valence-corrected chi connectivity index (χ3v) is 3.46. The van der Waals surface area contributed by atoms with Gasteiger partial charge >= 0.3 is 0 Å². The van der Waals surface area contributed by atoms with Crippen molar-refractivity contribution in [3.63, 3.8) is 0 Å². The monoisotopic (exact) mass is 307 g/mol. The number of halogens is 1. The van der Waals surface area contributed by atoms with E-state index in [9.17, 15) is 10.1 Å². The van der Waals surface area contributed by atoms with E-state index in [0.29, 0.717) is 9.37 Å². The van der Waals surface area contributed by atoms with Crippen LogP contribution in [0.15, 0.2) is 27.6 Å². The average molecular weight is 308 g/mol. The molecule has 0 aliphatic rings. The summed E-state index contributed by atoms with van der Waals surface area (Å²) in [6, 6.07) is 4.71. The van der Waals surface area contributed by atoms with E-state index in [1.165, 1.54) is 6.07 Å². The first-order valence-corrected chi connectivity index (χ1v) is 6.18.